The number of nitrogens with zero attached hydrogens (tertiary/aromatic N) is 1. The SMILES string of the molecule is CSc1cncc(Cl)c1. The van der Waals surface area contributed by atoms with E-state index in [9.17, 15) is 0 Å². The predicted octanol–water partition coefficient (Wildman–Crippen LogP) is 2.46. The maximum Gasteiger partial charge on any atom is 0.0600 e. The van der Waals surface area contributed by atoms with Crippen molar-refractivity contribution in [1.82, 2.24) is 4.98 Å². The zero-order chi connectivity index (χ0) is 6.69. The quantitative estimate of drug-likeness (QED) is 0.584. The molecule has 48 valence electrons. The molecule has 0 aliphatic carbocycles. The first-order valence-electron chi connectivity index (χ1n) is 2.47. The lowest BCUT2D eigenvalue weighted by Crippen LogP contribution is -1.72. The van der Waals surface area contributed by atoms with Crippen LogP contribution in [0.2, 0.25) is 5.02 Å². The van der Waals surface area contributed by atoms with E-state index in [2.05, 4.69) is 4.98 Å². The molecule has 0 aromatic carbocycles. The topological polar surface area (TPSA) is 12.9 Å². The van der Waals surface area contributed by atoms with Crippen molar-refractivity contribution >= 4 is 23.4 Å². The van der Waals surface area contributed by atoms with Crippen LogP contribution in [0.4, 0.5) is 0 Å². The van der Waals surface area contributed by atoms with Crippen LogP contribution in [0.15, 0.2) is 23.4 Å². The molecule has 9 heavy (non-hydrogen) atoms. The molecule has 1 nitrogen and oxygen atoms in total. The van der Waals surface area contributed by atoms with E-state index in [1.54, 1.807) is 24.2 Å². The highest BCUT2D eigenvalue weighted by Crippen LogP contribution is 2.16. The highest BCUT2D eigenvalue weighted by atomic mass is 35.5. The Hall–Kier alpha value is -0.210. The van der Waals surface area contributed by atoms with Crippen LogP contribution < -0.4 is 0 Å². The largest absolute Gasteiger partial charge is 0.262 e. The van der Waals surface area contributed by atoms with Gasteiger partial charge in [-0.25, -0.2) is 0 Å². The summed E-state index contributed by atoms with van der Waals surface area (Å²) >= 11 is 7.28. The lowest BCUT2D eigenvalue weighted by Gasteiger charge is -1.92. The van der Waals surface area contributed by atoms with Gasteiger partial charge in [0.1, 0.15) is 0 Å². The second-order valence-electron chi connectivity index (χ2n) is 1.54. The highest BCUT2D eigenvalue weighted by Gasteiger charge is 1.89. The fourth-order valence-corrected chi connectivity index (χ4v) is 1.15. The van der Waals surface area contributed by atoms with Crippen molar-refractivity contribution in [3.63, 3.8) is 0 Å². The number of thioether (sulfide) groups is 1. The van der Waals surface area contributed by atoms with E-state index < -0.39 is 0 Å². The molecule has 0 N–H and O–H groups in total. The third-order valence-corrected chi connectivity index (χ3v) is 1.82. The standard InChI is InChI=1S/C6H6ClNS/c1-9-6-2-5(7)3-8-4-6/h2-4H,1H3. The molecule has 0 unspecified atom stereocenters. The summed E-state index contributed by atoms with van der Waals surface area (Å²) in [6.45, 7) is 0. The molecule has 3 heteroatoms. The highest BCUT2D eigenvalue weighted by molar-refractivity contribution is 7.98. The predicted molar refractivity (Wildman–Crippen MR) is 41.0 cm³/mol. The normalized spacial score (nSPS) is 9.56. The third kappa shape index (κ3) is 1.88. The summed E-state index contributed by atoms with van der Waals surface area (Å²) in [5.74, 6) is 0. The van der Waals surface area contributed by atoms with Crippen molar-refractivity contribution in [2.24, 2.45) is 0 Å². The molecule has 0 amide bonds. The van der Waals surface area contributed by atoms with Crippen LogP contribution in [-0.4, -0.2) is 11.2 Å². The summed E-state index contributed by atoms with van der Waals surface area (Å²) in [6, 6.07) is 1.89. The average molecular weight is 160 g/mol. The summed E-state index contributed by atoms with van der Waals surface area (Å²) in [5, 5.41) is 0.696. The Morgan fingerprint density at radius 3 is 2.78 bits per heavy atom. The number of halogens is 1. The molecule has 0 aliphatic rings. The van der Waals surface area contributed by atoms with Crippen LogP contribution in [0.1, 0.15) is 0 Å². The summed E-state index contributed by atoms with van der Waals surface area (Å²) in [4.78, 5) is 5.00. The summed E-state index contributed by atoms with van der Waals surface area (Å²) in [5.41, 5.74) is 0. The second kappa shape index (κ2) is 3.08. The van der Waals surface area contributed by atoms with Crippen LogP contribution in [0.3, 0.4) is 0 Å². The van der Waals surface area contributed by atoms with Gasteiger partial charge in [0.15, 0.2) is 0 Å². The Morgan fingerprint density at radius 1 is 1.56 bits per heavy atom. The van der Waals surface area contributed by atoms with Crippen molar-refractivity contribution in [1.29, 1.82) is 0 Å². The van der Waals surface area contributed by atoms with Crippen molar-refractivity contribution in [2.75, 3.05) is 6.26 Å². The van der Waals surface area contributed by atoms with Crippen molar-refractivity contribution in [3.05, 3.63) is 23.5 Å². The van der Waals surface area contributed by atoms with E-state index in [0.717, 1.165) is 4.90 Å². The van der Waals surface area contributed by atoms with Gasteiger partial charge in [-0.05, 0) is 12.3 Å². The second-order valence-corrected chi connectivity index (χ2v) is 2.86. The molecule has 0 aliphatic heterocycles. The molecule has 1 rings (SSSR count). The van der Waals surface area contributed by atoms with Gasteiger partial charge in [-0.3, -0.25) is 4.98 Å². The molecule has 0 spiro atoms. The van der Waals surface area contributed by atoms with E-state index in [-0.39, 0.29) is 0 Å². The Balaban J connectivity index is 2.94. The maximum atomic E-state index is 5.65. The minimum absolute atomic E-state index is 0.696. The van der Waals surface area contributed by atoms with Gasteiger partial charge in [0.25, 0.3) is 0 Å². The number of hydrogen-bond acceptors (Lipinski definition) is 2. The van der Waals surface area contributed by atoms with Gasteiger partial charge in [0.2, 0.25) is 0 Å². The maximum absolute atomic E-state index is 5.65. The first-order valence-corrected chi connectivity index (χ1v) is 4.08. The van der Waals surface area contributed by atoms with E-state index >= 15 is 0 Å². The molecule has 0 radical (unpaired) electrons. The van der Waals surface area contributed by atoms with E-state index in [1.807, 2.05) is 12.3 Å². The molecule has 1 aromatic heterocycles. The molecular weight excluding hydrogens is 154 g/mol. The summed E-state index contributed by atoms with van der Waals surface area (Å²) in [7, 11) is 0. The monoisotopic (exact) mass is 159 g/mol. The van der Waals surface area contributed by atoms with Crippen molar-refractivity contribution < 1.29 is 0 Å². The third-order valence-electron chi connectivity index (χ3n) is 0.915. The Morgan fingerprint density at radius 2 is 2.33 bits per heavy atom. The first-order chi connectivity index (χ1) is 4.33. The molecule has 1 heterocycles. The molecule has 1 aromatic rings. The Kier molecular flexibility index (Phi) is 2.37. The van der Waals surface area contributed by atoms with E-state index in [1.165, 1.54) is 0 Å². The van der Waals surface area contributed by atoms with E-state index in [4.69, 9.17) is 11.6 Å². The molecule has 0 atom stereocenters. The molecule has 0 saturated carbocycles. The van der Waals surface area contributed by atoms with E-state index in [0.29, 0.717) is 5.02 Å². The lowest BCUT2D eigenvalue weighted by atomic mass is 10.5. The fraction of sp³-hybridized carbons (Fsp3) is 0.167. The van der Waals surface area contributed by atoms with Crippen LogP contribution in [-0.2, 0) is 0 Å². The van der Waals surface area contributed by atoms with Gasteiger partial charge in [0.05, 0.1) is 5.02 Å². The fourth-order valence-electron chi connectivity index (χ4n) is 0.504. The van der Waals surface area contributed by atoms with Gasteiger partial charge in [-0.2, -0.15) is 0 Å². The Bertz CT molecular complexity index is 202. The van der Waals surface area contributed by atoms with Crippen LogP contribution in [0, 0.1) is 0 Å². The average Bonchev–Trinajstić information content (AvgIpc) is 1.88. The summed E-state index contributed by atoms with van der Waals surface area (Å²) in [6.07, 6.45) is 5.41. The number of hydrogen-bond donors (Lipinski definition) is 0. The van der Waals surface area contributed by atoms with Crippen molar-refractivity contribution in [3.8, 4) is 0 Å². The van der Waals surface area contributed by atoms with Crippen molar-refractivity contribution in [2.45, 2.75) is 4.90 Å². The zero-order valence-corrected chi connectivity index (χ0v) is 6.54. The summed E-state index contributed by atoms with van der Waals surface area (Å²) < 4.78 is 0. The smallest absolute Gasteiger partial charge is 0.0600 e. The number of aromatic nitrogens is 1. The lowest BCUT2D eigenvalue weighted by molar-refractivity contribution is 1.24. The van der Waals surface area contributed by atoms with Gasteiger partial charge in [-0.15, -0.1) is 11.8 Å². The van der Waals surface area contributed by atoms with Gasteiger partial charge in [0, 0.05) is 17.3 Å². The zero-order valence-electron chi connectivity index (χ0n) is 4.97. The van der Waals surface area contributed by atoms with Crippen LogP contribution in [0.25, 0.3) is 0 Å². The van der Waals surface area contributed by atoms with Gasteiger partial charge >= 0.3 is 0 Å². The minimum Gasteiger partial charge on any atom is -0.262 e. The van der Waals surface area contributed by atoms with Crippen LogP contribution >= 0.6 is 23.4 Å². The first kappa shape index (κ1) is 6.90. The molecular formula is C6H6ClNS. The number of rotatable bonds is 1. The molecule has 0 fully saturated rings. The molecule has 0 bridgehead atoms. The van der Waals surface area contributed by atoms with Gasteiger partial charge < -0.3 is 0 Å². The number of pyridine rings is 1. The minimum atomic E-state index is 0.696. The van der Waals surface area contributed by atoms with Gasteiger partial charge in [-0.1, -0.05) is 11.6 Å². The molecule has 0 saturated heterocycles. The Labute approximate surface area is 63.4 Å². The van der Waals surface area contributed by atoms with Crippen LogP contribution in [0.5, 0.6) is 0 Å².